The van der Waals surface area contributed by atoms with Gasteiger partial charge in [-0.05, 0) is 53.9 Å². The molecule has 6 nitrogen and oxygen atoms in total. The number of amides is 1. The molecule has 0 spiro atoms. The highest BCUT2D eigenvalue weighted by molar-refractivity contribution is 9.10. The van der Waals surface area contributed by atoms with Gasteiger partial charge >= 0.3 is 0 Å². The number of hydrogen-bond donors (Lipinski definition) is 1. The lowest BCUT2D eigenvalue weighted by molar-refractivity contribution is 0.0952. The van der Waals surface area contributed by atoms with E-state index in [2.05, 4.69) is 26.5 Å². The summed E-state index contributed by atoms with van der Waals surface area (Å²) in [7, 11) is 3.04. The maximum absolute atomic E-state index is 12.5. The summed E-state index contributed by atoms with van der Waals surface area (Å²) in [4.78, 5) is 12.5. The molecule has 0 aliphatic heterocycles. The fourth-order valence-corrected chi connectivity index (χ4v) is 3.59. The molecule has 3 aromatic rings. The maximum atomic E-state index is 12.5. The number of halogens is 2. The monoisotopic (exact) mass is 516 g/mol. The zero-order valence-corrected chi connectivity index (χ0v) is 20.2. The summed E-state index contributed by atoms with van der Waals surface area (Å²) in [6.45, 7) is 2.38. The van der Waals surface area contributed by atoms with Crippen LogP contribution in [-0.4, -0.2) is 26.3 Å². The van der Waals surface area contributed by atoms with Crippen LogP contribution in [0.4, 0.5) is 0 Å². The summed E-state index contributed by atoms with van der Waals surface area (Å²) in [5.74, 6) is 0.946. The predicted octanol–water partition coefficient (Wildman–Crippen LogP) is 5.77. The Balaban J connectivity index is 1.73. The first-order valence-electron chi connectivity index (χ1n) is 9.64. The van der Waals surface area contributed by atoms with Gasteiger partial charge in [-0.3, -0.25) is 4.79 Å². The summed E-state index contributed by atoms with van der Waals surface area (Å²) in [6.07, 6.45) is 1.47. The molecule has 0 radical (unpaired) electrons. The lowest BCUT2D eigenvalue weighted by Gasteiger charge is -2.14. The first-order valence-corrected chi connectivity index (χ1v) is 10.8. The Morgan fingerprint density at radius 3 is 2.56 bits per heavy atom. The summed E-state index contributed by atoms with van der Waals surface area (Å²) < 4.78 is 17.4. The van der Waals surface area contributed by atoms with Crippen LogP contribution in [0.25, 0.3) is 0 Å². The Labute approximate surface area is 200 Å². The molecule has 0 aliphatic carbocycles. The van der Waals surface area contributed by atoms with Gasteiger partial charge in [0.05, 0.1) is 31.0 Å². The zero-order chi connectivity index (χ0) is 23.1. The van der Waals surface area contributed by atoms with Gasteiger partial charge in [0.2, 0.25) is 0 Å². The normalized spacial score (nSPS) is 10.8. The molecular weight excluding hydrogens is 496 g/mol. The molecule has 0 saturated carbocycles. The van der Waals surface area contributed by atoms with Crippen LogP contribution in [0.3, 0.4) is 0 Å². The molecule has 1 amide bonds. The molecule has 0 aliphatic rings. The molecule has 32 heavy (non-hydrogen) atoms. The van der Waals surface area contributed by atoms with Gasteiger partial charge in [0.25, 0.3) is 5.91 Å². The minimum absolute atomic E-state index is 0.356. The van der Waals surface area contributed by atoms with E-state index >= 15 is 0 Å². The van der Waals surface area contributed by atoms with Crippen molar-refractivity contribution in [3.8, 4) is 17.2 Å². The molecule has 3 rings (SSSR count). The van der Waals surface area contributed by atoms with E-state index in [1.807, 2.05) is 31.2 Å². The van der Waals surface area contributed by atoms with E-state index in [4.69, 9.17) is 25.8 Å². The third kappa shape index (κ3) is 5.81. The highest BCUT2D eigenvalue weighted by Crippen LogP contribution is 2.36. The van der Waals surface area contributed by atoms with Gasteiger partial charge in [-0.25, -0.2) is 5.43 Å². The number of hydrazone groups is 1. The van der Waals surface area contributed by atoms with Crippen molar-refractivity contribution in [2.45, 2.75) is 13.5 Å². The van der Waals surface area contributed by atoms with E-state index in [1.54, 1.807) is 30.3 Å². The number of ether oxygens (including phenoxy) is 3. The molecule has 166 valence electrons. The van der Waals surface area contributed by atoms with Crippen LogP contribution in [0.1, 0.15) is 27.0 Å². The number of carbonyl (C=O) groups is 1. The van der Waals surface area contributed by atoms with Gasteiger partial charge in [-0.2, -0.15) is 5.10 Å². The summed E-state index contributed by atoms with van der Waals surface area (Å²) in [5, 5.41) is 4.40. The molecule has 0 atom stereocenters. The van der Waals surface area contributed by atoms with Gasteiger partial charge < -0.3 is 14.2 Å². The molecule has 0 bridgehead atoms. The van der Waals surface area contributed by atoms with Crippen LogP contribution in [0.2, 0.25) is 5.02 Å². The smallest absolute Gasteiger partial charge is 0.275 e. The Morgan fingerprint density at radius 2 is 1.84 bits per heavy atom. The van der Waals surface area contributed by atoms with Gasteiger partial charge in [0, 0.05) is 4.47 Å². The van der Waals surface area contributed by atoms with E-state index in [9.17, 15) is 4.79 Å². The first-order chi connectivity index (χ1) is 15.4. The van der Waals surface area contributed by atoms with Gasteiger partial charge in [-0.1, -0.05) is 51.8 Å². The summed E-state index contributed by atoms with van der Waals surface area (Å²) in [6, 6.07) is 16.5. The van der Waals surface area contributed by atoms with Gasteiger partial charge in [-0.15, -0.1) is 0 Å². The topological polar surface area (TPSA) is 69.2 Å². The number of methoxy groups -OCH3 is 2. The maximum Gasteiger partial charge on any atom is 0.275 e. The van der Waals surface area contributed by atoms with Crippen molar-refractivity contribution in [3.05, 3.63) is 86.3 Å². The van der Waals surface area contributed by atoms with Crippen molar-refractivity contribution in [2.75, 3.05) is 14.2 Å². The molecule has 8 heteroatoms. The second-order valence-corrected chi connectivity index (χ2v) is 8.12. The fraction of sp³-hybridized carbons (Fsp3) is 0.167. The van der Waals surface area contributed by atoms with Crippen LogP contribution < -0.4 is 19.6 Å². The third-order valence-electron chi connectivity index (χ3n) is 4.67. The van der Waals surface area contributed by atoms with Crippen LogP contribution in [-0.2, 0) is 6.61 Å². The lowest BCUT2D eigenvalue weighted by atomic mass is 10.1. The van der Waals surface area contributed by atoms with Crippen LogP contribution in [0, 0.1) is 6.92 Å². The van der Waals surface area contributed by atoms with Crippen molar-refractivity contribution < 1.29 is 19.0 Å². The minimum atomic E-state index is -0.407. The van der Waals surface area contributed by atoms with Crippen LogP contribution in [0.5, 0.6) is 17.2 Å². The highest BCUT2D eigenvalue weighted by Gasteiger charge is 2.14. The van der Waals surface area contributed by atoms with E-state index in [0.29, 0.717) is 40.0 Å². The number of rotatable bonds is 8. The van der Waals surface area contributed by atoms with E-state index in [-0.39, 0.29) is 0 Å². The Morgan fingerprint density at radius 1 is 1.09 bits per heavy atom. The minimum Gasteiger partial charge on any atom is -0.496 e. The molecule has 0 heterocycles. The molecular formula is C24H22BrClN2O4. The standard InChI is InChI=1S/C24H22BrClN2O4/c1-15-6-4-5-7-17(15)14-32-23-20(26)10-16(11-22(23)31-3)13-27-28-24(29)19-12-18(25)8-9-21(19)30-2/h4-13H,14H2,1-3H3,(H,28,29)/b27-13-. The first kappa shape index (κ1) is 23.6. The van der Waals surface area contributed by atoms with Crippen LogP contribution in [0.15, 0.2) is 64.2 Å². The number of carbonyl (C=O) groups excluding carboxylic acids is 1. The largest absolute Gasteiger partial charge is 0.496 e. The number of nitrogens with one attached hydrogen (secondary N) is 1. The van der Waals surface area contributed by atoms with Crippen molar-refractivity contribution >= 4 is 39.7 Å². The number of benzene rings is 3. The van der Waals surface area contributed by atoms with E-state index in [0.717, 1.165) is 15.6 Å². The molecule has 3 aromatic carbocycles. The zero-order valence-electron chi connectivity index (χ0n) is 17.8. The second kappa shape index (κ2) is 11.0. The molecule has 0 unspecified atom stereocenters. The summed E-state index contributed by atoms with van der Waals surface area (Å²) >= 11 is 9.78. The SMILES string of the molecule is COc1ccc(Br)cc1C(=O)N/N=C\c1cc(Cl)c(OCc2ccccc2C)c(OC)c1. The second-order valence-electron chi connectivity index (χ2n) is 6.79. The molecule has 0 aromatic heterocycles. The molecule has 1 N–H and O–H groups in total. The van der Waals surface area contributed by atoms with Gasteiger partial charge in [0.15, 0.2) is 11.5 Å². The van der Waals surface area contributed by atoms with Crippen LogP contribution >= 0.6 is 27.5 Å². The molecule has 0 fully saturated rings. The Hall–Kier alpha value is -3.03. The summed E-state index contributed by atoms with van der Waals surface area (Å²) in [5.41, 5.74) is 5.67. The number of nitrogens with zero attached hydrogens (tertiary/aromatic N) is 1. The van der Waals surface area contributed by atoms with Crippen molar-refractivity contribution in [1.29, 1.82) is 0 Å². The van der Waals surface area contributed by atoms with Crippen molar-refractivity contribution in [3.63, 3.8) is 0 Å². The number of hydrogen-bond acceptors (Lipinski definition) is 5. The Kier molecular flexibility index (Phi) is 8.14. The lowest BCUT2D eigenvalue weighted by Crippen LogP contribution is -2.18. The Bertz CT molecular complexity index is 1150. The van der Waals surface area contributed by atoms with Gasteiger partial charge in [0.1, 0.15) is 12.4 Å². The molecule has 0 saturated heterocycles. The predicted molar refractivity (Wildman–Crippen MR) is 129 cm³/mol. The number of aryl methyl sites for hydroxylation is 1. The quantitative estimate of drug-likeness (QED) is 0.304. The van der Waals surface area contributed by atoms with E-state index < -0.39 is 5.91 Å². The third-order valence-corrected chi connectivity index (χ3v) is 5.44. The fourth-order valence-electron chi connectivity index (χ4n) is 2.96. The van der Waals surface area contributed by atoms with Crippen molar-refractivity contribution in [1.82, 2.24) is 5.43 Å². The highest BCUT2D eigenvalue weighted by atomic mass is 79.9. The average molecular weight is 518 g/mol. The van der Waals surface area contributed by atoms with E-state index in [1.165, 1.54) is 20.4 Å². The average Bonchev–Trinajstić information content (AvgIpc) is 2.79. The van der Waals surface area contributed by atoms with Crippen molar-refractivity contribution in [2.24, 2.45) is 5.10 Å².